The van der Waals surface area contributed by atoms with E-state index in [1.807, 2.05) is 10.6 Å². The third-order valence-electron chi connectivity index (χ3n) is 2.08. The van der Waals surface area contributed by atoms with Crippen molar-refractivity contribution in [2.75, 3.05) is 0 Å². The molecule has 0 unspecified atom stereocenters. The molecule has 0 saturated heterocycles. The van der Waals surface area contributed by atoms with Crippen LogP contribution in [0.4, 0.5) is 0 Å². The first-order valence-electron chi connectivity index (χ1n) is 4.66. The van der Waals surface area contributed by atoms with Crippen LogP contribution in [0.15, 0.2) is 25.2 Å². The molecule has 0 aliphatic heterocycles. The molecule has 2 aromatic rings. The monoisotopic (exact) mass is 188 g/mol. The number of hydrogen-bond donors (Lipinski definition) is 0. The van der Waals surface area contributed by atoms with Gasteiger partial charge in [-0.25, -0.2) is 0 Å². The van der Waals surface area contributed by atoms with Crippen LogP contribution < -0.4 is 0 Å². The van der Waals surface area contributed by atoms with Gasteiger partial charge in [0.15, 0.2) is 11.5 Å². The molecule has 4 heteroatoms. The highest BCUT2D eigenvalue weighted by Gasteiger charge is 2.06. The van der Waals surface area contributed by atoms with Crippen molar-refractivity contribution in [2.45, 2.75) is 19.8 Å². The highest BCUT2D eigenvalue weighted by Crippen LogP contribution is 2.15. The Hall–Kier alpha value is -1.71. The van der Waals surface area contributed by atoms with Crippen molar-refractivity contribution in [2.24, 2.45) is 0 Å². The van der Waals surface area contributed by atoms with Crippen LogP contribution in [0.2, 0.25) is 0 Å². The standard InChI is InChI=1S/C10H12N4/c1-3-4-8(2)10-13-12-9-7-11-5-6-14(9)10/h5-7H,2-4H2,1H3. The maximum absolute atomic E-state index is 4.09. The van der Waals surface area contributed by atoms with Crippen LogP contribution in [0, 0.1) is 0 Å². The van der Waals surface area contributed by atoms with Gasteiger partial charge in [-0.2, -0.15) is 0 Å². The van der Waals surface area contributed by atoms with Crippen LogP contribution in [-0.2, 0) is 0 Å². The molecule has 0 aliphatic rings. The summed E-state index contributed by atoms with van der Waals surface area (Å²) in [5.41, 5.74) is 1.78. The molecule has 0 amide bonds. The number of aromatic nitrogens is 4. The Morgan fingerprint density at radius 2 is 2.36 bits per heavy atom. The lowest BCUT2D eigenvalue weighted by molar-refractivity contribution is 0.941. The van der Waals surface area contributed by atoms with Crippen molar-refractivity contribution in [1.82, 2.24) is 19.6 Å². The maximum Gasteiger partial charge on any atom is 0.179 e. The minimum Gasteiger partial charge on any atom is -0.280 e. The number of fused-ring (bicyclic) bond motifs is 1. The van der Waals surface area contributed by atoms with Gasteiger partial charge in [0.25, 0.3) is 0 Å². The third kappa shape index (κ3) is 1.39. The molecule has 2 aromatic heterocycles. The molecule has 0 atom stereocenters. The molecule has 14 heavy (non-hydrogen) atoms. The minimum atomic E-state index is 0.764. The third-order valence-corrected chi connectivity index (χ3v) is 2.08. The first-order valence-corrected chi connectivity index (χ1v) is 4.66. The molecule has 0 spiro atoms. The van der Waals surface area contributed by atoms with Gasteiger partial charge in [0.2, 0.25) is 0 Å². The Bertz CT molecular complexity index is 458. The van der Waals surface area contributed by atoms with Crippen molar-refractivity contribution in [3.63, 3.8) is 0 Å². The van der Waals surface area contributed by atoms with Gasteiger partial charge in [-0.15, -0.1) is 10.2 Å². The number of nitrogens with zero attached hydrogens (tertiary/aromatic N) is 4. The first kappa shape index (κ1) is 8.87. The zero-order valence-corrected chi connectivity index (χ0v) is 8.14. The average Bonchev–Trinajstić information content (AvgIpc) is 2.61. The molecule has 0 aromatic carbocycles. The fraction of sp³-hybridized carbons (Fsp3) is 0.300. The fourth-order valence-electron chi connectivity index (χ4n) is 1.41. The molecule has 0 fully saturated rings. The van der Waals surface area contributed by atoms with Crippen LogP contribution in [0.25, 0.3) is 11.2 Å². The van der Waals surface area contributed by atoms with Gasteiger partial charge >= 0.3 is 0 Å². The second-order valence-electron chi connectivity index (χ2n) is 3.18. The van der Waals surface area contributed by atoms with E-state index in [1.165, 1.54) is 0 Å². The van der Waals surface area contributed by atoms with Gasteiger partial charge < -0.3 is 0 Å². The summed E-state index contributed by atoms with van der Waals surface area (Å²) in [5, 5.41) is 8.10. The predicted octanol–water partition coefficient (Wildman–Crippen LogP) is 1.94. The van der Waals surface area contributed by atoms with Gasteiger partial charge in [-0.1, -0.05) is 19.9 Å². The molecule has 4 nitrogen and oxygen atoms in total. The summed E-state index contributed by atoms with van der Waals surface area (Å²) in [6, 6.07) is 0. The Labute approximate surface area is 82.3 Å². The van der Waals surface area contributed by atoms with Crippen LogP contribution in [0.5, 0.6) is 0 Å². The van der Waals surface area contributed by atoms with Gasteiger partial charge in [-0.3, -0.25) is 9.38 Å². The smallest absolute Gasteiger partial charge is 0.179 e. The lowest BCUT2D eigenvalue weighted by Crippen LogP contribution is -1.93. The molecule has 72 valence electrons. The predicted molar refractivity (Wildman–Crippen MR) is 54.7 cm³/mol. The van der Waals surface area contributed by atoms with Gasteiger partial charge in [-0.05, 0) is 12.0 Å². The summed E-state index contributed by atoms with van der Waals surface area (Å²) in [6.45, 7) is 6.11. The minimum absolute atomic E-state index is 0.764. The Kier molecular flexibility index (Phi) is 2.26. The largest absolute Gasteiger partial charge is 0.280 e. The van der Waals surface area contributed by atoms with Crippen molar-refractivity contribution in [3.05, 3.63) is 31.0 Å². The molecular weight excluding hydrogens is 176 g/mol. The SMILES string of the molecule is C=C(CCC)c1nnc2cnccn12. The van der Waals surface area contributed by atoms with Gasteiger partial charge in [0.05, 0.1) is 6.20 Å². The van der Waals surface area contributed by atoms with Gasteiger partial charge in [0, 0.05) is 12.4 Å². The van der Waals surface area contributed by atoms with E-state index in [9.17, 15) is 0 Å². The molecular formula is C10H12N4. The van der Waals surface area contributed by atoms with E-state index in [2.05, 4.69) is 28.7 Å². The molecule has 0 saturated carbocycles. The van der Waals surface area contributed by atoms with Crippen molar-refractivity contribution in [3.8, 4) is 0 Å². The van der Waals surface area contributed by atoms with E-state index in [0.717, 1.165) is 29.9 Å². The number of allylic oxidation sites excluding steroid dienone is 1. The molecule has 0 N–H and O–H groups in total. The highest BCUT2D eigenvalue weighted by molar-refractivity contribution is 5.59. The molecule has 2 rings (SSSR count). The van der Waals surface area contributed by atoms with E-state index in [1.54, 1.807) is 12.4 Å². The average molecular weight is 188 g/mol. The van der Waals surface area contributed by atoms with E-state index in [0.29, 0.717) is 0 Å². The Morgan fingerprint density at radius 3 is 3.14 bits per heavy atom. The van der Waals surface area contributed by atoms with Crippen LogP contribution in [0.3, 0.4) is 0 Å². The summed E-state index contributed by atoms with van der Waals surface area (Å²) in [7, 11) is 0. The topological polar surface area (TPSA) is 43.1 Å². The van der Waals surface area contributed by atoms with E-state index < -0.39 is 0 Å². The van der Waals surface area contributed by atoms with Crippen LogP contribution >= 0.6 is 0 Å². The lowest BCUT2D eigenvalue weighted by atomic mass is 10.2. The van der Waals surface area contributed by atoms with Gasteiger partial charge in [0.1, 0.15) is 0 Å². The van der Waals surface area contributed by atoms with E-state index >= 15 is 0 Å². The normalized spacial score (nSPS) is 10.6. The summed E-state index contributed by atoms with van der Waals surface area (Å²) >= 11 is 0. The van der Waals surface area contributed by atoms with Crippen molar-refractivity contribution in [1.29, 1.82) is 0 Å². The van der Waals surface area contributed by atoms with E-state index in [-0.39, 0.29) is 0 Å². The van der Waals surface area contributed by atoms with Crippen molar-refractivity contribution >= 4 is 11.2 Å². The first-order chi connectivity index (χ1) is 6.83. The molecule has 0 bridgehead atoms. The second kappa shape index (κ2) is 3.57. The quantitative estimate of drug-likeness (QED) is 0.739. The summed E-state index contributed by atoms with van der Waals surface area (Å²) in [5.74, 6) is 0.837. The number of rotatable bonds is 3. The molecule has 2 heterocycles. The molecule has 0 aliphatic carbocycles. The number of hydrogen-bond acceptors (Lipinski definition) is 3. The summed E-state index contributed by atoms with van der Waals surface area (Å²) < 4.78 is 1.91. The molecule has 0 radical (unpaired) electrons. The second-order valence-corrected chi connectivity index (χ2v) is 3.18. The van der Waals surface area contributed by atoms with Crippen LogP contribution in [-0.4, -0.2) is 19.6 Å². The summed E-state index contributed by atoms with van der Waals surface area (Å²) in [6.07, 6.45) is 7.28. The fourth-order valence-corrected chi connectivity index (χ4v) is 1.41. The highest BCUT2D eigenvalue weighted by atomic mass is 15.2. The van der Waals surface area contributed by atoms with E-state index in [4.69, 9.17) is 0 Å². The Morgan fingerprint density at radius 1 is 1.50 bits per heavy atom. The maximum atomic E-state index is 4.09. The zero-order valence-electron chi connectivity index (χ0n) is 8.14. The summed E-state index contributed by atoms with van der Waals surface area (Å²) in [4.78, 5) is 3.98. The Balaban J connectivity index is 2.47. The van der Waals surface area contributed by atoms with Crippen molar-refractivity contribution < 1.29 is 0 Å². The zero-order chi connectivity index (χ0) is 9.97. The lowest BCUT2D eigenvalue weighted by Gasteiger charge is -2.00. The van der Waals surface area contributed by atoms with Crippen LogP contribution in [0.1, 0.15) is 25.6 Å².